The molecular formula is C4H4N3O2. The number of hydrogen-bond acceptors (Lipinski definition) is 4. The van der Waals surface area contributed by atoms with Crippen molar-refractivity contribution in [3.05, 3.63) is 12.3 Å². The maximum atomic E-state index is 10.5. The molecule has 0 unspecified atom stereocenters. The van der Waals surface area contributed by atoms with Gasteiger partial charge in [0.1, 0.15) is 0 Å². The van der Waals surface area contributed by atoms with Crippen LogP contribution < -0.4 is 5.32 Å². The molecule has 0 atom stereocenters. The molecule has 0 spiro atoms. The Morgan fingerprint density at radius 3 is 3.11 bits per heavy atom. The molecule has 47 valence electrons. The number of carbonyl (C=O) groups is 1. The molecular weight excluding hydrogens is 122 g/mol. The first kappa shape index (κ1) is 5.74. The van der Waals surface area contributed by atoms with E-state index in [1.54, 1.807) is 0 Å². The molecule has 0 bridgehead atoms. The summed E-state index contributed by atoms with van der Waals surface area (Å²) >= 11 is 0. The summed E-state index contributed by atoms with van der Waals surface area (Å²) in [6, 6.07) is 0. The second kappa shape index (κ2) is 2.25. The molecule has 0 aliphatic rings. The Hall–Kier alpha value is -1.39. The highest BCUT2D eigenvalue weighted by molar-refractivity contribution is 5.88. The summed E-state index contributed by atoms with van der Waals surface area (Å²) in [5.41, 5.74) is 0. The average molecular weight is 126 g/mol. The van der Waals surface area contributed by atoms with E-state index in [-0.39, 0.29) is 5.89 Å². The Kier molecular flexibility index (Phi) is 1.44. The zero-order valence-corrected chi connectivity index (χ0v) is 4.71. The second-order valence-corrected chi connectivity index (χ2v) is 1.28. The lowest BCUT2D eigenvalue weighted by molar-refractivity contribution is 0.0928. The minimum Gasteiger partial charge on any atom is -0.408 e. The van der Waals surface area contributed by atoms with Crippen LogP contribution in [0.2, 0.25) is 0 Å². The number of hydrogen-bond donors (Lipinski definition) is 1. The summed E-state index contributed by atoms with van der Waals surface area (Å²) in [5.74, 6) is -0.471. The normalized spacial score (nSPS) is 9.00. The molecule has 1 rings (SSSR count). The summed E-state index contributed by atoms with van der Waals surface area (Å²) in [6.07, 6.45) is 2.05. The van der Waals surface area contributed by atoms with Crippen LogP contribution in [-0.4, -0.2) is 23.2 Å². The van der Waals surface area contributed by atoms with Crippen molar-refractivity contribution in [3.8, 4) is 0 Å². The first-order chi connectivity index (χ1) is 4.34. The molecule has 1 heterocycles. The number of amides is 1. The van der Waals surface area contributed by atoms with Crippen molar-refractivity contribution < 1.29 is 9.21 Å². The van der Waals surface area contributed by atoms with Crippen molar-refractivity contribution in [2.24, 2.45) is 0 Å². The predicted molar refractivity (Wildman–Crippen MR) is 26.5 cm³/mol. The van der Waals surface area contributed by atoms with E-state index >= 15 is 0 Å². The van der Waals surface area contributed by atoms with Crippen LogP contribution in [0, 0.1) is 6.39 Å². The molecule has 1 aromatic heterocycles. The Labute approximate surface area is 51.1 Å². The number of carbonyl (C=O) groups excluding carboxylic acids is 1. The minimum absolute atomic E-state index is 0.0718. The Morgan fingerprint density at radius 1 is 1.89 bits per heavy atom. The summed E-state index contributed by atoms with van der Waals surface area (Å²) < 4.78 is 4.43. The second-order valence-electron chi connectivity index (χ2n) is 1.28. The highest BCUT2D eigenvalue weighted by atomic mass is 16.4. The molecule has 5 nitrogen and oxygen atoms in total. The first-order valence-corrected chi connectivity index (χ1v) is 2.26. The molecule has 1 aromatic rings. The van der Waals surface area contributed by atoms with Gasteiger partial charge in [0, 0.05) is 7.05 Å². The van der Waals surface area contributed by atoms with E-state index in [0.717, 1.165) is 0 Å². The monoisotopic (exact) mass is 126 g/mol. The molecule has 1 N–H and O–H groups in total. The van der Waals surface area contributed by atoms with Gasteiger partial charge < -0.3 is 9.73 Å². The molecule has 5 heteroatoms. The molecule has 1 amide bonds. The fourth-order valence-electron chi connectivity index (χ4n) is 0.349. The molecule has 0 aromatic carbocycles. The van der Waals surface area contributed by atoms with Crippen molar-refractivity contribution in [2.75, 3.05) is 7.05 Å². The van der Waals surface area contributed by atoms with Crippen LogP contribution in [0.5, 0.6) is 0 Å². The highest BCUT2D eigenvalue weighted by Crippen LogP contribution is 1.87. The Morgan fingerprint density at radius 2 is 2.67 bits per heavy atom. The van der Waals surface area contributed by atoms with Crippen LogP contribution in [-0.2, 0) is 0 Å². The molecule has 0 aliphatic carbocycles. The third kappa shape index (κ3) is 1.04. The fourth-order valence-corrected chi connectivity index (χ4v) is 0.349. The van der Waals surface area contributed by atoms with Gasteiger partial charge in [0.05, 0.1) is 0 Å². The summed E-state index contributed by atoms with van der Waals surface area (Å²) in [7, 11) is 1.48. The number of rotatable bonds is 1. The van der Waals surface area contributed by atoms with Gasteiger partial charge >= 0.3 is 18.2 Å². The lowest BCUT2D eigenvalue weighted by atomic mass is 10.6. The third-order valence-corrected chi connectivity index (χ3v) is 0.745. The van der Waals surface area contributed by atoms with E-state index in [1.807, 2.05) is 6.39 Å². The third-order valence-electron chi connectivity index (χ3n) is 0.745. The molecule has 0 aliphatic heterocycles. The summed E-state index contributed by atoms with van der Waals surface area (Å²) in [4.78, 5) is 10.5. The Balaban J connectivity index is 2.77. The van der Waals surface area contributed by atoms with E-state index in [4.69, 9.17) is 0 Å². The van der Waals surface area contributed by atoms with Gasteiger partial charge in [0.15, 0.2) is 0 Å². The summed E-state index contributed by atoms with van der Waals surface area (Å²) in [6.45, 7) is 0. The molecule has 0 fully saturated rings. The zero-order valence-electron chi connectivity index (χ0n) is 4.71. The fraction of sp³-hybridized carbons (Fsp3) is 0.250. The smallest absolute Gasteiger partial charge is 0.308 e. The van der Waals surface area contributed by atoms with Gasteiger partial charge in [0.25, 0.3) is 0 Å². The van der Waals surface area contributed by atoms with Crippen molar-refractivity contribution in [3.63, 3.8) is 0 Å². The van der Waals surface area contributed by atoms with Gasteiger partial charge in [0.2, 0.25) is 0 Å². The first-order valence-electron chi connectivity index (χ1n) is 2.26. The number of nitrogens with zero attached hydrogens (tertiary/aromatic N) is 2. The van der Waals surface area contributed by atoms with Crippen LogP contribution >= 0.6 is 0 Å². The quantitative estimate of drug-likeness (QED) is 0.536. The van der Waals surface area contributed by atoms with Crippen LogP contribution in [0.25, 0.3) is 0 Å². The molecule has 9 heavy (non-hydrogen) atoms. The van der Waals surface area contributed by atoms with Gasteiger partial charge in [-0.1, -0.05) is 0 Å². The lowest BCUT2D eigenvalue weighted by Gasteiger charge is -1.86. The van der Waals surface area contributed by atoms with Crippen LogP contribution in [0.4, 0.5) is 0 Å². The Bertz CT molecular complexity index is 194. The van der Waals surface area contributed by atoms with E-state index in [1.165, 1.54) is 7.05 Å². The van der Waals surface area contributed by atoms with E-state index in [2.05, 4.69) is 19.9 Å². The highest BCUT2D eigenvalue weighted by Gasteiger charge is 2.07. The summed E-state index contributed by atoms with van der Waals surface area (Å²) in [5, 5.41) is 8.80. The minimum atomic E-state index is -0.399. The van der Waals surface area contributed by atoms with Gasteiger partial charge in [-0.25, -0.2) is 0 Å². The topological polar surface area (TPSA) is 68.0 Å². The average Bonchev–Trinajstić information content (AvgIpc) is 2.37. The van der Waals surface area contributed by atoms with Crippen molar-refractivity contribution in [1.82, 2.24) is 15.5 Å². The number of aromatic nitrogens is 2. The number of nitrogens with one attached hydrogen (secondary N) is 1. The van der Waals surface area contributed by atoms with Gasteiger partial charge in [-0.15, -0.1) is 10.2 Å². The lowest BCUT2D eigenvalue weighted by Crippen LogP contribution is -2.17. The molecule has 0 saturated heterocycles. The largest absolute Gasteiger partial charge is 0.408 e. The van der Waals surface area contributed by atoms with Crippen molar-refractivity contribution >= 4 is 5.91 Å². The zero-order chi connectivity index (χ0) is 6.69. The van der Waals surface area contributed by atoms with Crippen LogP contribution in [0.1, 0.15) is 10.7 Å². The van der Waals surface area contributed by atoms with Crippen molar-refractivity contribution in [1.29, 1.82) is 0 Å². The molecule has 1 radical (unpaired) electrons. The van der Waals surface area contributed by atoms with E-state index in [0.29, 0.717) is 0 Å². The van der Waals surface area contributed by atoms with Gasteiger partial charge in [-0.2, -0.15) is 0 Å². The predicted octanol–water partition coefficient (Wildman–Crippen LogP) is -0.771. The van der Waals surface area contributed by atoms with Crippen LogP contribution in [0.15, 0.2) is 4.42 Å². The van der Waals surface area contributed by atoms with Gasteiger partial charge in [-0.05, 0) is 0 Å². The van der Waals surface area contributed by atoms with Crippen molar-refractivity contribution in [2.45, 2.75) is 0 Å². The standard InChI is InChI=1S/C4H4N3O2/c1-5-3(8)4-7-6-2-9-4/h1H3,(H,5,8). The van der Waals surface area contributed by atoms with Crippen LogP contribution in [0.3, 0.4) is 0 Å². The molecule has 0 saturated carbocycles. The van der Waals surface area contributed by atoms with E-state index in [9.17, 15) is 4.79 Å². The maximum absolute atomic E-state index is 10.5. The van der Waals surface area contributed by atoms with E-state index < -0.39 is 5.91 Å². The SMILES string of the molecule is CNC(=O)c1nn[c]o1. The maximum Gasteiger partial charge on any atom is 0.308 e. The van der Waals surface area contributed by atoms with Gasteiger partial charge in [-0.3, -0.25) is 4.79 Å².